The minimum absolute atomic E-state index is 0.561. The first-order chi connectivity index (χ1) is 5.38. The monoisotopic (exact) mass is 186 g/mol. The van der Waals surface area contributed by atoms with E-state index in [2.05, 4.69) is 19.6 Å². The van der Waals surface area contributed by atoms with Gasteiger partial charge < -0.3 is 10.2 Å². The zero-order valence-electron chi connectivity index (χ0n) is 8.04. The van der Waals surface area contributed by atoms with Crippen LogP contribution < -0.4 is 0 Å². The molecule has 0 fully saturated rings. The van der Waals surface area contributed by atoms with Crippen LogP contribution in [0.1, 0.15) is 12.8 Å². The van der Waals surface area contributed by atoms with Crippen molar-refractivity contribution in [3.05, 3.63) is 12.2 Å². The van der Waals surface area contributed by atoms with Gasteiger partial charge in [-0.2, -0.15) is 0 Å². The van der Waals surface area contributed by atoms with Crippen LogP contribution in [0, 0.1) is 0 Å². The molecular formula is C9H18O2Si. The summed E-state index contributed by atoms with van der Waals surface area (Å²) < 4.78 is 0. The predicted octanol–water partition coefficient (Wildman–Crippen LogP) is 1.31. The van der Waals surface area contributed by atoms with Crippen LogP contribution in [0.5, 0.6) is 0 Å². The smallest absolute Gasteiger partial charge is 0.0858 e. The van der Waals surface area contributed by atoms with E-state index >= 15 is 0 Å². The van der Waals surface area contributed by atoms with E-state index in [1.165, 1.54) is 0 Å². The maximum absolute atomic E-state index is 10.2. The Morgan fingerprint density at radius 3 is 2.25 bits per heavy atom. The third-order valence-corrected chi connectivity index (χ3v) is 5.94. The normalized spacial score (nSPS) is 36.9. The number of hydrogen-bond donors (Lipinski definition) is 2. The molecule has 0 amide bonds. The number of rotatable bonds is 1. The lowest BCUT2D eigenvalue weighted by Gasteiger charge is -2.43. The predicted molar refractivity (Wildman–Crippen MR) is 52.7 cm³/mol. The lowest BCUT2D eigenvalue weighted by Crippen LogP contribution is -2.60. The SMILES string of the molecule is C[Si](C)(C)C1(O)CC=CCC1O. The molecule has 0 saturated carbocycles. The average Bonchev–Trinajstić information content (AvgIpc) is 1.93. The lowest BCUT2D eigenvalue weighted by molar-refractivity contribution is -0.0222. The summed E-state index contributed by atoms with van der Waals surface area (Å²) in [7, 11) is -1.69. The summed E-state index contributed by atoms with van der Waals surface area (Å²) >= 11 is 0. The summed E-state index contributed by atoms with van der Waals surface area (Å²) in [6.07, 6.45) is 4.57. The molecule has 1 aliphatic rings. The summed E-state index contributed by atoms with van der Waals surface area (Å²) in [5.41, 5.74) is 0. The van der Waals surface area contributed by atoms with Gasteiger partial charge in [0.2, 0.25) is 0 Å². The van der Waals surface area contributed by atoms with E-state index in [4.69, 9.17) is 0 Å². The standard InChI is InChI=1S/C9H18O2Si/c1-12(2,3)9(11)7-5-4-6-8(9)10/h4-5,8,10-11H,6-7H2,1-3H3. The van der Waals surface area contributed by atoms with E-state index in [-0.39, 0.29) is 0 Å². The van der Waals surface area contributed by atoms with Crippen LogP contribution in [-0.2, 0) is 0 Å². The van der Waals surface area contributed by atoms with E-state index < -0.39 is 19.4 Å². The van der Waals surface area contributed by atoms with Crippen molar-refractivity contribution in [1.29, 1.82) is 0 Å². The van der Waals surface area contributed by atoms with E-state index in [1.54, 1.807) is 0 Å². The summed E-state index contributed by atoms with van der Waals surface area (Å²) in [6.45, 7) is 6.28. The molecule has 2 N–H and O–H groups in total. The average molecular weight is 186 g/mol. The molecule has 1 rings (SSSR count). The molecule has 0 saturated heterocycles. The van der Waals surface area contributed by atoms with Crippen LogP contribution in [0.2, 0.25) is 19.6 Å². The largest absolute Gasteiger partial charge is 0.390 e. The molecular weight excluding hydrogens is 168 g/mol. The zero-order valence-corrected chi connectivity index (χ0v) is 9.04. The highest BCUT2D eigenvalue weighted by Crippen LogP contribution is 2.32. The Balaban J connectivity index is 2.89. The van der Waals surface area contributed by atoms with Gasteiger partial charge in [-0.1, -0.05) is 31.8 Å². The third kappa shape index (κ3) is 1.49. The van der Waals surface area contributed by atoms with Gasteiger partial charge in [0.1, 0.15) is 0 Å². The van der Waals surface area contributed by atoms with Crippen LogP contribution in [0.25, 0.3) is 0 Å². The number of hydrogen-bond acceptors (Lipinski definition) is 2. The quantitative estimate of drug-likeness (QED) is 0.479. The van der Waals surface area contributed by atoms with Crippen LogP contribution in [-0.4, -0.2) is 29.6 Å². The molecule has 0 spiro atoms. The Labute approximate surface area is 74.9 Å². The van der Waals surface area contributed by atoms with E-state index in [1.807, 2.05) is 12.2 Å². The third-order valence-electron chi connectivity index (χ3n) is 2.81. The van der Waals surface area contributed by atoms with Gasteiger partial charge in [0, 0.05) is 0 Å². The van der Waals surface area contributed by atoms with Crippen LogP contribution in [0.15, 0.2) is 12.2 Å². The van der Waals surface area contributed by atoms with Crippen molar-refractivity contribution >= 4 is 8.07 Å². The van der Waals surface area contributed by atoms with E-state index in [0.717, 1.165) is 0 Å². The molecule has 2 nitrogen and oxygen atoms in total. The van der Waals surface area contributed by atoms with Crippen LogP contribution in [0.3, 0.4) is 0 Å². The summed E-state index contributed by atoms with van der Waals surface area (Å²) in [4.78, 5) is 0. The highest BCUT2D eigenvalue weighted by atomic mass is 28.3. The lowest BCUT2D eigenvalue weighted by atomic mass is 10.0. The second kappa shape index (κ2) is 2.98. The van der Waals surface area contributed by atoms with Crippen molar-refractivity contribution in [3.8, 4) is 0 Å². The first kappa shape index (κ1) is 9.96. The van der Waals surface area contributed by atoms with E-state index in [9.17, 15) is 10.2 Å². The zero-order chi connectivity index (χ0) is 9.41. The first-order valence-electron chi connectivity index (χ1n) is 4.43. The van der Waals surface area contributed by atoms with Crippen molar-refractivity contribution in [3.63, 3.8) is 0 Å². The van der Waals surface area contributed by atoms with Gasteiger partial charge in [0.15, 0.2) is 0 Å². The summed E-state index contributed by atoms with van der Waals surface area (Å²) in [6, 6.07) is 0. The van der Waals surface area contributed by atoms with Gasteiger partial charge in [0.25, 0.3) is 0 Å². The van der Waals surface area contributed by atoms with Gasteiger partial charge in [-0.3, -0.25) is 0 Å². The molecule has 0 aromatic rings. The molecule has 12 heavy (non-hydrogen) atoms. The van der Waals surface area contributed by atoms with Crippen molar-refractivity contribution in [2.75, 3.05) is 0 Å². The molecule has 2 unspecified atom stereocenters. The summed E-state index contributed by atoms with van der Waals surface area (Å²) in [5.74, 6) is 0. The van der Waals surface area contributed by atoms with Gasteiger partial charge in [0.05, 0.1) is 19.4 Å². The van der Waals surface area contributed by atoms with Crippen LogP contribution in [0.4, 0.5) is 0 Å². The van der Waals surface area contributed by atoms with Gasteiger partial charge in [-0.05, 0) is 12.8 Å². The van der Waals surface area contributed by atoms with Gasteiger partial charge >= 0.3 is 0 Å². The molecule has 2 atom stereocenters. The molecule has 70 valence electrons. The Hall–Kier alpha value is -0.123. The molecule has 1 aliphatic carbocycles. The van der Waals surface area contributed by atoms with Crippen molar-refractivity contribution in [1.82, 2.24) is 0 Å². The topological polar surface area (TPSA) is 40.5 Å². The fraction of sp³-hybridized carbons (Fsp3) is 0.778. The molecule has 0 aromatic heterocycles. The second-order valence-electron chi connectivity index (χ2n) is 4.60. The minimum Gasteiger partial charge on any atom is -0.390 e. The molecule has 0 aliphatic heterocycles. The fourth-order valence-corrected chi connectivity index (χ4v) is 3.47. The molecule has 0 radical (unpaired) electrons. The van der Waals surface area contributed by atoms with E-state index in [0.29, 0.717) is 12.8 Å². The summed E-state index contributed by atoms with van der Waals surface area (Å²) in [5, 5.41) is 19.1. The van der Waals surface area contributed by atoms with Crippen molar-refractivity contribution in [2.45, 2.75) is 43.8 Å². The minimum atomic E-state index is -1.69. The molecule has 0 heterocycles. The number of aliphatic hydroxyl groups is 2. The Bertz CT molecular complexity index is 195. The molecule has 0 aromatic carbocycles. The maximum atomic E-state index is 10.2. The maximum Gasteiger partial charge on any atom is 0.0858 e. The van der Waals surface area contributed by atoms with Crippen LogP contribution >= 0.6 is 0 Å². The van der Waals surface area contributed by atoms with Crippen molar-refractivity contribution < 1.29 is 10.2 Å². The molecule has 0 bridgehead atoms. The Morgan fingerprint density at radius 2 is 1.92 bits per heavy atom. The number of aliphatic hydroxyl groups excluding tert-OH is 1. The van der Waals surface area contributed by atoms with Gasteiger partial charge in [-0.25, -0.2) is 0 Å². The first-order valence-corrected chi connectivity index (χ1v) is 7.93. The highest BCUT2D eigenvalue weighted by Gasteiger charge is 2.47. The highest BCUT2D eigenvalue weighted by molar-refractivity contribution is 6.79. The van der Waals surface area contributed by atoms with Crippen molar-refractivity contribution in [2.24, 2.45) is 0 Å². The molecule has 3 heteroatoms. The Kier molecular flexibility index (Phi) is 2.47. The van der Waals surface area contributed by atoms with Gasteiger partial charge in [-0.15, -0.1) is 0 Å². The Morgan fingerprint density at radius 1 is 1.33 bits per heavy atom. The second-order valence-corrected chi connectivity index (χ2v) is 9.97. The fourth-order valence-electron chi connectivity index (χ4n) is 1.63.